The molecule has 4 heteroatoms. The van der Waals surface area contributed by atoms with E-state index in [1.807, 2.05) is 19.0 Å². The molecule has 1 fully saturated rings. The molecule has 0 bridgehead atoms. The number of likely N-dealkylation sites (tertiary alicyclic amines) is 1. The Morgan fingerprint density at radius 3 is 2.75 bits per heavy atom. The maximum absolute atomic E-state index is 12.1. The zero-order valence-electron chi connectivity index (χ0n) is 11.0. The molecular formula is C12H25N3O. The summed E-state index contributed by atoms with van der Waals surface area (Å²) in [5.74, 6) is 0.279. The summed E-state index contributed by atoms with van der Waals surface area (Å²) in [6.45, 7) is 6.89. The number of hydrogen-bond acceptors (Lipinski definition) is 3. The van der Waals surface area contributed by atoms with Crippen molar-refractivity contribution in [3.63, 3.8) is 0 Å². The van der Waals surface area contributed by atoms with Crippen molar-refractivity contribution in [2.75, 3.05) is 33.7 Å². The van der Waals surface area contributed by atoms with Crippen molar-refractivity contribution in [1.29, 1.82) is 0 Å². The highest BCUT2D eigenvalue weighted by Crippen LogP contribution is 2.12. The Bertz CT molecular complexity index is 228. The zero-order chi connectivity index (χ0) is 12.1. The van der Waals surface area contributed by atoms with Crippen LogP contribution in [-0.4, -0.2) is 61.5 Å². The van der Waals surface area contributed by atoms with E-state index in [1.54, 1.807) is 0 Å². The minimum Gasteiger partial charge on any atom is -0.340 e. The average molecular weight is 227 g/mol. The number of nitrogens with one attached hydrogen (secondary N) is 1. The Labute approximate surface area is 99.0 Å². The molecule has 0 spiro atoms. The molecular weight excluding hydrogens is 202 g/mol. The van der Waals surface area contributed by atoms with Crippen LogP contribution in [0.1, 0.15) is 26.7 Å². The van der Waals surface area contributed by atoms with Gasteiger partial charge in [0.25, 0.3) is 0 Å². The second-order valence-corrected chi connectivity index (χ2v) is 5.14. The lowest BCUT2D eigenvalue weighted by Gasteiger charge is -2.34. The van der Waals surface area contributed by atoms with E-state index in [0.717, 1.165) is 32.5 Å². The smallest absolute Gasteiger partial charge is 0.239 e. The molecule has 0 aromatic rings. The van der Waals surface area contributed by atoms with Crippen LogP contribution in [0, 0.1) is 0 Å². The van der Waals surface area contributed by atoms with Gasteiger partial charge < -0.3 is 15.1 Å². The van der Waals surface area contributed by atoms with Crippen LogP contribution in [0.3, 0.4) is 0 Å². The second kappa shape index (κ2) is 6.21. The third kappa shape index (κ3) is 4.10. The number of hydrogen-bond donors (Lipinski definition) is 1. The molecule has 1 rings (SSSR count). The van der Waals surface area contributed by atoms with E-state index in [-0.39, 0.29) is 11.9 Å². The summed E-state index contributed by atoms with van der Waals surface area (Å²) in [6.07, 6.45) is 2.10. The first-order chi connectivity index (χ1) is 7.50. The number of rotatable bonds is 5. The molecule has 94 valence electrons. The van der Waals surface area contributed by atoms with Gasteiger partial charge in [-0.1, -0.05) is 13.8 Å². The summed E-state index contributed by atoms with van der Waals surface area (Å²) in [4.78, 5) is 16.2. The molecule has 0 aromatic carbocycles. The molecule has 1 unspecified atom stereocenters. The molecule has 0 saturated carbocycles. The van der Waals surface area contributed by atoms with Crippen LogP contribution in [-0.2, 0) is 4.79 Å². The summed E-state index contributed by atoms with van der Waals surface area (Å²) in [6, 6.07) is 0.415. The van der Waals surface area contributed by atoms with Gasteiger partial charge >= 0.3 is 0 Å². The molecule has 0 aromatic heterocycles. The highest BCUT2D eigenvalue weighted by Gasteiger charge is 2.28. The fourth-order valence-electron chi connectivity index (χ4n) is 2.04. The van der Waals surface area contributed by atoms with Gasteiger partial charge in [0.1, 0.15) is 0 Å². The van der Waals surface area contributed by atoms with Crippen LogP contribution in [0.15, 0.2) is 0 Å². The van der Waals surface area contributed by atoms with E-state index in [2.05, 4.69) is 24.1 Å². The Kier molecular flexibility index (Phi) is 5.22. The highest BCUT2D eigenvalue weighted by molar-refractivity contribution is 5.82. The summed E-state index contributed by atoms with van der Waals surface area (Å²) >= 11 is 0. The topological polar surface area (TPSA) is 35.6 Å². The Morgan fingerprint density at radius 1 is 1.50 bits per heavy atom. The molecule has 1 atom stereocenters. The van der Waals surface area contributed by atoms with Crippen molar-refractivity contribution in [2.24, 2.45) is 0 Å². The number of piperidine rings is 1. The minimum absolute atomic E-state index is 0.0379. The molecule has 4 nitrogen and oxygen atoms in total. The molecule has 0 radical (unpaired) electrons. The highest BCUT2D eigenvalue weighted by atomic mass is 16.2. The largest absolute Gasteiger partial charge is 0.340 e. The lowest BCUT2D eigenvalue weighted by atomic mass is 10.0. The first-order valence-electron chi connectivity index (χ1n) is 6.20. The van der Waals surface area contributed by atoms with Crippen LogP contribution >= 0.6 is 0 Å². The summed E-state index contributed by atoms with van der Waals surface area (Å²) in [5, 5.41) is 3.34. The van der Waals surface area contributed by atoms with Gasteiger partial charge in [-0.2, -0.15) is 0 Å². The van der Waals surface area contributed by atoms with Gasteiger partial charge in [0.05, 0.1) is 6.04 Å². The van der Waals surface area contributed by atoms with Crippen LogP contribution < -0.4 is 5.32 Å². The van der Waals surface area contributed by atoms with Gasteiger partial charge in [0, 0.05) is 25.7 Å². The number of amides is 1. The fraction of sp³-hybridized carbons (Fsp3) is 0.917. The number of likely N-dealkylation sites (N-methyl/N-ethyl adjacent to an activating group) is 1. The zero-order valence-corrected chi connectivity index (χ0v) is 11.0. The Balaban J connectivity index is 2.44. The number of nitrogens with zero attached hydrogens (tertiary/aromatic N) is 2. The molecule has 1 saturated heterocycles. The van der Waals surface area contributed by atoms with E-state index in [4.69, 9.17) is 0 Å². The summed E-state index contributed by atoms with van der Waals surface area (Å²) in [5.41, 5.74) is 0. The standard InChI is InChI=1S/C12H25N3O/c1-10(2)13-11-6-5-7-15(12(11)16)9-8-14(3)4/h10-11,13H,5-9H2,1-4H3. The second-order valence-electron chi connectivity index (χ2n) is 5.14. The van der Waals surface area contributed by atoms with E-state index in [1.165, 1.54) is 0 Å². The van der Waals surface area contributed by atoms with E-state index in [0.29, 0.717) is 6.04 Å². The maximum Gasteiger partial charge on any atom is 0.239 e. The van der Waals surface area contributed by atoms with Crippen LogP contribution in [0.5, 0.6) is 0 Å². The van der Waals surface area contributed by atoms with Crippen molar-refractivity contribution in [2.45, 2.75) is 38.8 Å². The predicted molar refractivity (Wildman–Crippen MR) is 66.4 cm³/mol. The predicted octanol–water partition coefficient (Wildman–Crippen LogP) is 0.537. The third-order valence-electron chi connectivity index (χ3n) is 2.88. The molecule has 1 aliphatic heterocycles. The quantitative estimate of drug-likeness (QED) is 0.744. The van der Waals surface area contributed by atoms with Gasteiger partial charge in [-0.05, 0) is 26.9 Å². The van der Waals surface area contributed by atoms with Crippen molar-refractivity contribution in [3.05, 3.63) is 0 Å². The maximum atomic E-state index is 12.1. The van der Waals surface area contributed by atoms with Crippen LogP contribution in [0.4, 0.5) is 0 Å². The first-order valence-corrected chi connectivity index (χ1v) is 6.20. The molecule has 1 amide bonds. The summed E-state index contributed by atoms with van der Waals surface area (Å²) < 4.78 is 0. The molecule has 1 aliphatic rings. The molecule has 0 aliphatic carbocycles. The lowest BCUT2D eigenvalue weighted by Crippen LogP contribution is -2.53. The normalized spacial score (nSPS) is 22.2. The van der Waals surface area contributed by atoms with Gasteiger partial charge in [-0.25, -0.2) is 0 Å². The van der Waals surface area contributed by atoms with Gasteiger partial charge in [-0.15, -0.1) is 0 Å². The van der Waals surface area contributed by atoms with Crippen molar-refractivity contribution in [1.82, 2.24) is 15.1 Å². The monoisotopic (exact) mass is 227 g/mol. The van der Waals surface area contributed by atoms with Gasteiger partial charge in [-0.3, -0.25) is 4.79 Å². The van der Waals surface area contributed by atoms with Crippen LogP contribution in [0.2, 0.25) is 0 Å². The SMILES string of the molecule is CC(C)NC1CCCN(CCN(C)C)C1=O. The van der Waals surface area contributed by atoms with Crippen molar-refractivity contribution in [3.8, 4) is 0 Å². The third-order valence-corrected chi connectivity index (χ3v) is 2.88. The van der Waals surface area contributed by atoms with E-state index >= 15 is 0 Å². The number of carbonyl (C=O) groups excluding carboxylic acids is 1. The van der Waals surface area contributed by atoms with Crippen molar-refractivity contribution >= 4 is 5.91 Å². The number of carbonyl (C=O) groups is 1. The van der Waals surface area contributed by atoms with Crippen LogP contribution in [0.25, 0.3) is 0 Å². The van der Waals surface area contributed by atoms with E-state index in [9.17, 15) is 4.79 Å². The molecule has 16 heavy (non-hydrogen) atoms. The fourth-order valence-corrected chi connectivity index (χ4v) is 2.04. The minimum atomic E-state index is 0.0379. The molecule has 1 N–H and O–H groups in total. The van der Waals surface area contributed by atoms with E-state index < -0.39 is 0 Å². The first kappa shape index (κ1) is 13.5. The Hall–Kier alpha value is -0.610. The van der Waals surface area contributed by atoms with Gasteiger partial charge in [0.15, 0.2) is 0 Å². The lowest BCUT2D eigenvalue weighted by molar-refractivity contribution is -0.136. The average Bonchev–Trinajstić information content (AvgIpc) is 2.18. The van der Waals surface area contributed by atoms with Gasteiger partial charge in [0.2, 0.25) is 5.91 Å². The molecule has 1 heterocycles. The van der Waals surface area contributed by atoms with Crippen molar-refractivity contribution < 1.29 is 4.79 Å². The summed E-state index contributed by atoms with van der Waals surface area (Å²) in [7, 11) is 4.08. The Morgan fingerprint density at radius 2 is 2.19 bits per heavy atom.